The minimum atomic E-state index is -0.645. The first kappa shape index (κ1) is 15.7. The van der Waals surface area contributed by atoms with E-state index in [0.717, 1.165) is 19.4 Å². The van der Waals surface area contributed by atoms with Crippen molar-refractivity contribution in [2.24, 2.45) is 11.3 Å². The van der Waals surface area contributed by atoms with Crippen LogP contribution in [0.2, 0.25) is 10.0 Å². The van der Waals surface area contributed by atoms with Crippen molar-refractivity contribution in [3.63, 3.8) is 0 Å². The lowest BCUT2D eigenvalue weighted by Gasteiger charge is -2.28. The Hall–Kier alpha value is -0.640. The molecule has 0 spiro atoms. The molecule has 1 saturated heterocycles. The second kappa shape index (κ2) is 6.00. The van der Waals surface area contributed by atoms with Crippen LogP contribution in [0.25, 0.3) is 0 Å². The van der Waals surface area contributed by atoms with Crippen LogP contribution < -0.4 is 5.32 Å². The summed E-state index contributed by atoms with van der Waals surface area (Å²) >= 11 is 11.6. The average molecular weight is 318 g/mol. The van der Waals surface area contributed by atoms with Gasteiger partial charge in [-0.1, -0.05) is 37.0 Å². The Balaban J connectivity index is 2.38. The van der Waals surface area contributed by atoms with Gasteiger partial charge >= 0.3 is 0 Å². The third kappa shape index (κ3) is 3.00. The van der Waals surface area contributed by atoms with E-state index in [-0.39, 0.29) is 15.8 Å². The normalized spacial score (nSPS) is 22.5. The Morgan fingerprint density at radius 1 is 1.45 bits per heavy atom. The molecule has 0 aromatic heterocycles. The van der Waals surface area contributed by atoms with E-state index in [4.69, 9.17) is 23.2 Å². The van der Waals surface area contributed by atoms with Crippen LogP contribution in [-0.4, -0.2) is 18.9 Å². The van der Waals surface area contributed by atoms with Crippen molar-refractivity contribution in [2.45, 2.75) is 26.7 Å². The van der Waals surface area contributed by atoms with E-state index in [1.54, 1.807) is 0 Å². The Kier molecular flexibility index (Phi) is 4.73. The molecule has 0 bridgehead atoms. The minimum absolute atomic E-state index is 0.0475. The number of hydrogen-bond donors (Lipinski definition) is 1. The van der Waals surface area contributed by atoms with Crippen molar-refractivity contribution in [1.82, 2.24) is 5.32 Å². The van der Waals surface area contributed by atoms with Crippen LogP contribution in [0.3, 0.4) is 0 Å². The van der Waals surface area contributed by atoms with Crippen molar-refractivity contribution in [3.8, 4) is 0 Å². The summed E-state index contributed by atoms with van der Waals surface area (Å²) in [5.41, 5.74) is -0.154. The molecule has 0 unspecified atom stereocenters. The summed E-state index contributed by atoms with van der Waals surface area (Å²) in [6, 6.07) is 2.66. The summed E-state index contributed by atoms with van der Waals surface area (Å²) in [6.45, 7) is 5.61. The fraction of sp³-hybridized carbons (Fsp3) is 0.533. The topological polar surface area (TPSA) is 29.1 Å². The van der Waals surface area contributed by atoms with Gasteiger partial charge in [0.1, 0.15) is 5.82 Å². The van der Waals surface area contributed by atoms with Gasteiger partial charge in [0.2, 0.25) is 0 Å². The first-order valence-corrected chi connectivity index (χ1v) is 7.51. The second-order valence-electron chi connectivity index (χ2n) is 5.89. The van der Waals surface area contributed by atoms with Gasteiger partial charge in [0.05, 0.1) is 10.0 Å². The van der Waals surface area contributed by atoms with Crippen molar-refractivity contribution in [1.29, 1.82) is 0 Å². The van der Waals surface area contributed by atoms with E-state index < -0.39 is 11.2 Å². The average Bonchev–Trinajstić information content (AvgIpc) is 2.83. The standard InChI is InChI=1S/C15H18Cl2FNO/c1-9(2)7-15(3-4-19-8-15)14(20)10-5-11(16)13(17)12(18)6-10/h5-6,9,19H,3-4,7-8H2,1-2H3/t15-/m1/s1. The third-order valence-corrected chi connectivity index (χ3v) is 4.55. The molecule has 0 aliphatic carbocycles. The van der Waals surface area contributed by atoms with Gasteiger partial charge in [0, 0.05) is 17.5 Å². The van der Waals surface area contributed by atoms with Crippen molar-refractivity contribution in [3.05, 3.63) is 33.6 Å². The number of nitrogens with one attached hydrogen (secondary N) is 1. The first-order chi connectivity index (χ1) is 9.35. The molecule has 1 heterocycles. The van der Waals surface area contributed by atoms with Gasteiger partial charge in [0.25, 0.3) is 0 Å². The Morgan fingerprint density at radius 2 is 2.15 bits per heavy atom. The Bertz CT molecular complexity index is 502. The maximum absolute atomic E-state index is 13.7. The van der Waals surface area contributed by atoms with Gasteiger partial charge in [-0.2, -0.15) is 0 Å². The van der Waals surface area contributed by atoms with E-state index in [1.165, 1.54) is 12.1 Å². The lowest BCUT2D eigenvalue weighted by Crippen LogP contribution is -2.35. The molecule has 1 aliphatic heterocycles. The van der Waals surface area contributed by atoms with E-state index in [0.29, 0.717) is 18.0 Å². The van der Waals surface area contributed by atoms with E-state index in [9.17, 15) is 9.18 Å². The highest BCUT2D eigenvalue weighted by atomic mass is 35.5. The SMILES string of the molecule is CC(C)C[C@]1(C(=O)c2cc(F)c(Cl)c(Cl)c2)CCNC1. The minimum Gasteiger partial charge on any atom is -0.316 e. The second-order valence-corrected chi connectivity index (χ2v) is 6.67. The summed E-state index contributed by atoms with van der Waals surface area (Å²) in [5.74, 6) is -0.298. The zero-order valence-electron chi connectivity index (χ0n) is 11.6. The van der Waals surface area contributed by atoms with E-state index in [1.807, 2.05) is 0 Å². The van der Waals surface area contributed by atoms with Gasteiger partial charge in [-0.05, 0) is 37.4 Å². The zero-order chi connectivity index (χ0) is 14.9. The molecule has 2 rings (SSSR count). The molecule has 2 nitrogen and oxygen atoms in total. The molecule has 20 heavy (non-hydrogen) atoms. The van der Waals surface area contributed by atoms with Crippen LogP contribution in [0.4, 0.5) is 4.39 Å². The lowest BCUT2D eigenvalue weighted by molar-refractivity contribution is 0.0781. The largest absolute Gasteiger partial charge is 0.316 e. The Labute approximate surface area is 128 Å². The van der Waals surface area contributed by atoms with Gasteiger partial charge in [0.15, 0.2) is 5.78 Å². The fourth-order valence-corrected chi connectivity index (χ4v) is 3.30. The van der Waals surface area contributed by atoms with E-state index >= 15 is 0 Å². The number of ketones is 1. The van der Waals surface area contributed by atoms with Crippen LogP contribution in [0.1, 0.15) is 37.0 Å². The molecule has 1 aromatic carbocycles. The molecule has 1 aliphatic rings. The zero-order valence-corrected chi connectivity index (χ0v) is 13.1. The predicted octanol–water partition coefficient (Wildman–Crippen LogP) is 4.34. The lowest BCUT2D eigenvalue weighted by atomic mass is 9.74. The van der Waals surface area contributed by atoms with Crippen LogP contribution in [0.15, 0.2) is 12.1 Å². The number of halogens is 3. The quantitative estimate of drug-likeness (QED) is 0.661. The number of benzene rings is 1. The molecular weight excluding hydrogens is 300 g/mol. The van der Waals surface area contributed by atoms with E-state index in [2.05, 4.69) is 19.2 Å². The van der Waals surface area contributed by atoms with Crippen LogP contribution in [0, 0.1) is 17.2 Å². The van der Waals surface area contributed by atoms with Gasteiger partial charge in [-0.3, -0.25) is 4.79 Å². The van der Waals surface area contributed by atoms with Crippen LogP contribution in [-0.2, 0) is 0 Å². The maximum Gasteiger partial charge on any atom is 0.170 e. The molecule has 0 radical (unpaired) electrons. The monoisotopic (exact) mass is 317 g/mol. The number of hydrogen-bond acceptors (Lipinski definition) is 2. The van der Waals surface area contributed by atoms with Gasteiger partial charge < -0.3 is 5.32 Å². The highest BCUT2D eigenvalue weighted by Crippen LogP contribution is 2.38. The molecule has 5 heteroatoms. The van der Waals surface area contributed by atoms with Crippen molar-refractivity contribution in [2.75, 3.05) is 13.1 Å². The smallest absolute Gasteiger partial charge is 0.170 e. The Morgan fingerprint density at radius 3 is 2.65 bits per heavy atom. The summed E-state index contributed by atoms with van der Waals surface area (Å²) in [6.07, 6.45) is 1.55. The number of Topliss-reactive ketones (excluding diaryl/α,β-unsaturated/α-hetero) is 1. The first-order valence-electron chi connectivity index (χ1n) is 6.76. The third-order valence-electron chi connectivity index (χ3n) is 3.77. The molecular formula is C15H18Cl2FNO. The van der Waals surface area contributed by atoms with Crippen LogP contribution >= 0.6 is 23.2 Å². The molecule has 1 atom stereocenters. The number of carbonyl (C=O) groups excluding carboxylic acids is 1. The van der Waals surface area contributed by atoms with Gasteiger partial charge in [-0.25, -0.2) is 4.39 Å². The molecule has 1 aromatic rings. The summed E-state index contributed by atoms with van der Waals surface area (Å²) in [5, 5.41) is 3.19. The number of rotatable bonds is 4. The summed E-state index contributed by atoms with van der Waals surface area (Å²) in [7, 11) is 0. The summed E-state index contributed by atoms with van der Waals surface area (Å²) < 4.78 is 13.7. The van der Waals surface area contributed by atoms with Gasteiger partial charge in [-0.15, -0.1) is 0 Å². The molecule has 1 N–H and O–H groups in total. The summed E-state index contributed by atoms with van der Waals surface area (Å²) in [4.78, 5) is 12.8. The van der Waals surface area contributed by atoms with Crippen molar-refractivity contribution < 1.29 is 9.18 Å². The molecule has 0 amide bonds. The maximum atomic E-state index is 13.7. The fourth-order valence-electron chi connectivity index (χ4n) is 2.98. The highest BCUT2D eigenvalue weighted by Gasteiger charge is 2.42. The molecule has 110 valence electrons. The molecule has 0 saturated carbocycles. The highest BCUT2D eigenvalue weighted by molar-refractivity contribution is 6.42. The molecule has 1 fully saturated rings. The van der Waals surface area contributed by atoms with Crippen molar-refractivity contribution >= 4 is 29.0 Å². The number of carbonyl (C=O) groups is 1. The van der Waals surface area contributed by atoms with Crippen LogP contribution in [0.5, 0.6) is 0 Å². The predicted molar refractivity (Wildman–Crippen MR) is 80.1 cm³/mol.